The van der Waals surface area contributed by atoms with Gasteiger partial charge in [0.05, 0.1) is 0 Å². The molecular weight excluding hydrogens is 395 g/mol. The summed E-state index contributed by atoms with van der Waals surface area (Å²) in [6.07, 6.45) is 0.185. The van der Waals surface area contributed by atoms with Crippen LogP contribution in [0, 0.1) is 13.8 Å². The molecule has 3 nitrogen and oxygen atoms in total. The van der Waals surface area contributed by atoms with Crippen LogP contribution < -0.4 is 5.32 Å². The lowest BCUT2D eigenvalue weighted by atomic mass is 10.0. The Morgan fingerprint density at radius 1 is 1.24 bits per heavy atom. The molecule has 29 heavy (non-hydrogen) atoms. The van der Waals surface area contributed by atoms with Crippen molar-refractivity contribution in [2.24, 2.45) is 4.99 Å². The number of thiazole rings is 1. The second-order valence-electron chi connectivity index (χ2n) is 6.70. The van der Waals surface area contributed by atoms with E-state index in [0.29, 0.717) is 11.3 Å². The Balaban J connectivity index is 2.17. The Morgan fingerprint density at radius 3 is 2.48 bits per heavy atom. The van der Waals surface area contributed by atoms with Crippen LogP contribution in [0.3, 0.4) is 0 Å². The highest BCUT2D eigenvalue weighted by molar-refractivity contribution is 7.14. The van der Waals surface area contributed by atoms with E-state index in [-0.39, 0.29) is 6.04 Å². The number of benzene rings is 1. The molecule has 0 aliphatic carbocycles. The molecule has 0 amide bonds. The van der Waals surface area contributed by atoms with Gasteiger partial charge >= 0.3 is 6.18 Å². The quantitative estimate of drug-likeness (QED) is 0.522. The van der Waals surface area contributed by atoms with E-state index in [2.05, 4.69) is 34.5 Å². The molecule has 0 saturated heterocycles. The lowest BCUT2D eigenvalue weighted by Gasteiger charge is -2.19. The highest BCUT2D eigenvalue weighted by atomic mass is 32.1. The average molecular weight is 420 g/mol. The topological polar surface area (TPSA) is 37.3 Å². The number of allylic oxidation sites excluding steroid dienone is 2. The van der Waals surface area contributed by atoms with Crippen molar-refractivity contribution in [3.63, 3.8) is 0 Å². The maximum absolute atomic E-state index is 12.6. The van der Waals surface area contributed by atoms with Gasteiger partial charge in [-0.3, -0.25) is 4.99 Å². The predicted molar refractivity (Wildman–Crippen MR) is 116 cm³/mol. The largest absolute Gasteiger partial charge is 0.432 e. The lowest BCUT2D eigenvalue weighted by Crippen LogP contribution is -2.27. The summed E-state index contributed by atoms with van der Waals surface area (Å²) in [5.74, 6) is 0. The molecule has 7 heteroatoms. The molecular formula is C22H24F3N3S. The number of nitrogens with zero attached hydrogens (tertiary/aromatic N) is 2. The van der Waals surface area contributed by atoms with E-state index in [4.69, 9.17) is 0 Å². The van der Waals surface area contributed by atoms with Crippen LogP contribution in [0.2, 0.25) is 0 Å². The summed E-state index contributed by atoms with van der Waals surface area (Å²) in [5.41, 5.74) is 3.09. The van der Waals surface area contributed by atoms with E-state index < -0.39 is 11.9 Å². The molecule has 2 aromatic rings. The van der Waals surface area contributed by atoms with Crippen molar-refractivity contribution in [2.45, 2.75) is 39.9 Å². The fourth-order valence-electron chi connectivity index (χ4n) is 2.66. The molecule has 0 aliphatic rings. The SMILES string of the molecule is C=C(NC(C)C(/C=N\C(=C)C(F)(F)F)=C/C)c1cc(C)cc(-c2ncc(C)s2)c1. The average Bonchev–Trinajstić information content (AvgIpc) is 3.07. The summed E-state index contributed by atoms with van der Waals surface area (Å²) in [6.45, 7) is 14.6. The van der Waals surface area contributed by atoms with Crippen LogP contribution in [-0.4, -0.2) is 23.4 Å². The van der Waals surface area contributed by atoms with Crippen molar-refractivity contribution < 1.29 is 13.2 Å². The smallest absolute Gasteiger partial charge is 0.378 e. The zero-order chi connectivity index (χ0) is 21.8. The summed E-state index contributed by atoms with van der Waals surface area (Å²) in [7, 11) is 0. The van der Waals surface area contributed by atoms with Crippen LogP contribution in [0.4, 0.5) is 13.2 Å². The number of hydrogen-bond acceptors (Lipinski definition) is 4. The molecule has 0 fully saturated rings. The van der Waals surface area contributed by atoms with Crippen molar-refractivity contribution in [1.82, 2.24) is 10.3 Å². The van der Waals surface area contributed by atoms with Gasteiger partial charge in [-0.25, -0.2) is 4.98 Å². The zero-order valence-electron chi connectivity index (χ0n) is 16.9. The second kappa shape index (κ2) is 9.22. The molecule has 1 heterocycles. The number of aliphatic imine (C=N–C) groups is 1. The van der Waals surface area contributed by atoms with E-state index in [1.165, 1.54) is 6.21 Å². The molecule has 0 saturated carbocycles. The summed E-state index contributed by atoms with van der Waals surface area (Å²) in [4.78, 5) is 9.01. The minimum Gasteiger partial charge on any atom is -0.378 e. The number of rotatable bonds is 7. The molecule has 1 aromatic heterocycles. The van der Waals surface area contributed by atoms with E-state index in [0.717, 1.165) is 26.6 Å². The van der Waals surface area contributed by atoms with Gasteiger partial charge in [-0.2, -0.15) is 13.2 Å². The highest BCUT2D eigenvalue weighted by Gasteiger charge is 2.31. The second-order valence-corrected chi connectivity index (χ2v) is 7.93. The first-order chi connectivity index (χ1) is 13.5. The molecule has 1 aromatic carbocycles. The molecule has 0 radical (unpaired) electrons. The monoisotopic (exact) mass is 419 g/mol. The Labute approximate surface area is 173 Å². The van der Waals surface area contributed by atoms with Crippen LogP contribution in [0.25, 0.3) is 16.3 Å². The molecule has 0 spiro atoms. The summed E-state index contributed by atoms with van der Waals surface area (Å²) < 4.78 is 37.8. The number of alkyl halides is 3. The first-order valence-corrected chi connectivity index (χ1v) is 9.79. The van der Waals surface area contributed by atoms with E-state index >= 15 is 0 Å². The molecule has 1 N–H and O–H groups in total. The fourth-order valence-corrected chi connectivity index (χ4v) is 3.41. The number of aromatic nitrogens is 1. The van der Waals surface area contributed by atoms with E-state index in [9.17, 15) is 13.2 Å². The van der Waals surface area contributed by atoms with E-state index in [1.807, 2.05) is 39.1 Å². The Hall–Kier alpha value is -2.67. The first-order valence-electron chi connectivity index (χ1n) is 8.98. The van der Waals surface area contributed by atoms with Crippen molar-refractivity contribution in [3.05, 3.63) is 70.9 Å². The molecule has 0 bridgehead atoms. The minimum atomic E-state index is -4.54. The summed E-state index contributed by atoms with van der Waals surface area (Å²) in [6, 6.07) is 5.78. The van der Waals surface area contributed by atoms with Gasteiger partial charge in [0.15, 0.2) is 0 Å². The summed E-state index contributed by atoms with van der Waals surface area (Å²) in [5, 5.41) is 4.17. The molecule has 1 unspecified atom stereocenters. The lowest BCUT2D eigenvalue weighted by molar-refractivity contribution is -0.0918. The van der Waals surface area contributed by atoms with Crippen LogP contribution in [0.1, 0.15) is 29.9 Å². The third-order valence-corrected chi connectivity index (χ3v) is 5.18. The maximum Gasteiger partial charge on any atom is 0.432 e. The number of halogens is 3. The van der Waals surface area contributed by atoms with E-state index in [1.54, 1.807) is 24.3 Å². The maximum atomic E-state index is 12.6. The third-order valence-electron chi connectivity index (χ3n) is 4.21. The van der Waals surface area contributed by atoms with Gasteiger partial charge in [0.1, 0.15) is 10.7 Å². The Kier molecular flexibility index (Phi) is 7.19. The van der Waals surface area contributed by atoms with Gasteiger partial charge < -0.3 is 5.32 Å². The van der Waals surface area contributed by atoms with Crippen LogP contribution in [-0.2, 0) is 0 Å². The van der Waals surface area contributed by atoms with Crippen LogP contribution in [0.5, 0.6) is 0 Å². The van der Waals surface area contributed by atoms with Gasteiger partial charge in [-0.15, -0.1) is 11.3 Å². The molecule has 0 aliphatic heterocycles. The van der Waals surface area contributed by atoms with Gasteiger partial charge in [0.25, 0.3) is 0 Å². The standard InChI is InChI=1S/C22H24F3N3S/c1-7-18(12-26-17(6)22(23,24)25)15(4)28-16(5)19-8-13(2)9-20(10-19)21-27-11-14(3)29-21/h7-12,15,28H,5-6H2,1-4H3/b18-7+,26-12-. The first kappa shape index (κ1) is 22.6. The number of aryl methyl sites for hydroxylation is 2. The minimum absolute atomic E-state index is 0.289. The third kappa shape index (κ3) is 6.15. The zero-order valence-corrected chi connectivity index (χ0v) is 17.7. The molecule has 1 atom stereocenters. The van der Waals surface area contributed by atoms with Crippen LogP contribution in [0.15, 0.2) is 59.9 Å². The molecule has 2 rings (SSSR count). The predicted octanol–water partition coefficient (Wildman–Crippen LogP) is 6.47. The van der Waals surface area contributed by atoms with Gasteiger partial charge in [-0.1, -0.05) is 19.2 Å². The van der Waals surface area contributed by atoms with Crippen LogP contribution >= 0.6 is 11.3 Å². The van der Waals surface area contributed by atoms with Gasteiger partial charge in [0, 0.05) is 34.6 Å². The number of nitrogens with one attached hydrogen (secondary N) is 1. The van der Waals surface area contributed by atoms with Crippen molar-refractivity contribution >= 4 is 23.2 Å². The van der Waals surface area contributed by atoms with Crippen molar-refractivity contribution in [2.75, 3.05) is 0 Å². The normalized spacial score (nSPS) is 13.6. The van der Waals surface area contributed by atoms with Crippen molar-refractivity contribution in [1.29, 1.82) is 0 Å². The Morgan fingerprint density at radius 2 is 1.93 bits per heavy atom. The van der Waals surface area contributed by atoms with Gasteiger partial charge in [-0.05, 0) is 62.6 Å². The van der Waals surface area contributed by atoms with Crippen molar-refractivity contribution in [3.8, 4) is 10.6 Å². The molecule has 154 valence electrons. The summed E-state index contributed by atoms with van der Waals surface area (Å²) >= 11 is 1.62. The number of hydrogen-bond donors (Lipinski definition) is 1. The van der Waals surface area contributed by atoms with Gasteiger partial charge in [0.2, 0.25) is 0 Å². The Bertz CT molecular complexity index is 968. The fraction of sp³-hybridized carbons (Fsp3) is 0.273. The highest BCUT2D eigenvalue weighted by Crippen LogP contribution is 2.28.